The standard InChI is InChI=1S/C12H17Br2NO/c1-4-7(2)15-8(3)10-5-9(13)6-11(14)12(10)16/h5-8,15-16H,4H2,1-3H3. The summed E-state index contributed by atoms with van der Waals surface area (Å²) in [6.45, 7) is 6.34. The Labute approximate surface area is 114 Å². The van der Waals surface area contributed by atoms with Crippen LogP contribution in [0.1, 0.15) is 38.8 Å². The fraction of sp³-hybridized carbons (Fsp3) is 0.500. The van der Waals surface area contributed by atoms with Gasteiger partial charge in [0.15, 0.2) is 0 Å². The predicted molar refractivity (Wildman–Crippen MR) is 74.8 cm³/mol. The number of nitrogens with one attached hydrogen (secondary N) is 1. The summed E-state index contributed by atoms with van der Waals surface area (Å²) in [6.07, 6.45) is 1.07. The zero-order valence-corrected chi connectivity index (χ0v) is 12.9. The van der Waals surface area contributed by atoms with Crippen LogP contribution in [-0.4, -0.2) is 11.1 Å². The Morgan fingerprint density at radius 2 is 1.94 bits per heavy atom. The quantitative estimate of drug-likeness (QED) is 0.845. The monoisotopic (exact) mass is 349 g/mol. The smallest absolute Gasteiger partial charge is 0.134 e. The zero-order valence-electron chi connectivity index (χ0n) is 9.72. The van der Waals surface area contributed by atoms with Crippen LogP contribution in [0, 0.1) is 0 Å². The van der Waals surface area contributed by atoms with Crippen LogP contribution < -0.4 is 5.32 Å². The van der Waals surface area contributed by atoms with Crippen molar-refractivity contribution in [1.82, 2.24) is 5.32 Å². The first kappa shape index (κ1) is 14.0. The third kappa shape index (κ3) is 3.47. The molecule has 2 atom stereocenters. The molecule has 0 bridgehead atoms. The van der Waals surface area contributed by atoms with Crippen LogP contribution in [0.25, 0.3) is 0 Å². The number of hydrogen-bond donors (Lipinski definition) is 2. The maximum atomic E-state index is 9.97. The molecular formula is C12H17Br2NO. The van der Waals surface area contributed by atoms with Crippen molar-refractivity contribution in [1.29, 1.82) is 0 Å². The Bertz CT molecular complexity index is 368. The summed E-state index contributed by atoms with van der Waals surface area (Å²) in [5.41, 5.74) is 0.904. The van der Waals surface area contributed by atoms with Gasteiger partial charge in [0, 0.05) is 22.1 Å². The molecule has 90 valence electrons. The van der Waals surface area contributed by atoms with Gasteiger partial charge in [-0.2, -0.15) is 0 Å². The van der Waals surface area contributed by atoms with E-state index in [0.29, 0.717) is 11.8 Å². The maximum Gasteiger partial charge on any atom is 0.134 e. The Hall–Kier alpha value is -0.0600. The first-order chi connectivity index (χ1) is 7.45. The lowest BCUT2D eigenvalue weighted by Gasteiger charge is -2.20. The predicted octanol–water partition coefficient (Wildman–Crippen LogP) is 4.37. The van der Waals surface area contributed by atoms with Gasteiger partial charge in [0.2, 0.25) is 0 Å². The normalized spacial score (nSPS) is 14.8. The van der Waals surface area contributed by atoms with Gasteiger partial charge in [0.25, 0.3) is 0 Å². The summed E-state index contributed by atoms with van der Waals surface area (Å²) >= 11 is 6.77. The molecule has 0 fully saturated rings. The van der Waals surface area contributed by atoms with E-state index < -0.39 is 0 Å². The van der Waals surface area contributed by atoms with Gasteiger partial charge >= 0.3 is 0 Å². The average Bonchev–Trinajstić information content (AvgIpc) is 2.22. The molecule has 2 N–H and O–H groups in total. The third-order valence-corrected chi connectivity index (χ3v) is 3.73. The average molecular weight is 351 g/mol. The van der Waals surface area contributed by atoms with Crippen LogP contribution in [0.2, 0.25) is 0 Å². The van der Waals surface area contributed by atoms with Crippen LogP contribution >= 0.6 is 31.9 Å². The van der Waals surface area contributed by atoms with Crippen molar-refractivity contribution in [2.24, 2.45) is 0 Å². The molecule has 0 saturated heterocycles. The molecule has 0 heterocycles. The third-order valence-electron chi connectivity index (χ3n) is 2.67. The van der Waals surface area contributed by atoms with E-state index in [0.717, 1.165) is 20.9 Å². The fourth-order valence-corrected chi connectivity index (χ4v) is 2.81. The lowest BCUT2D eigenvalue weighted by atomic mass is 10.1. The molecule has 0 aromatic heterocycles. The van der Waals surface area contributed by atoms with Crippen LogP contribution in [0.5, 0.6) is 5.75 Å². The molecule has 16 heavy (non-hydrogen) atoms. The largest absolute Gasteiger partial charge is 0.506 e. The molecule has 2 nitrogen and oxygen atoms in total. The molecule has 0 aliphatic rings. The Morgan fingerprint density at radius 1 is 1.31 bits per heavy atom. The minimum atomic E-state index is 0.128. The molecule has 1 rings (SSSR count). The van der Waals surface area contributed by atoms with Gasteiger partial charge in [0.05, 0.1) is 4.47 Å². The fourth-order valence-electron chi connectivity index (χ4n) is 1.55. The Kier molecular flexibility index (Phi) is 5.28. The summed E-state index contributed by atoms with van der Waals surface area (Å²) in [5.74, 6) is 0.312. The van der Waals surface area contributed by atoms with Crippen LogP contribution in [-0.2, 0) is 0 Å². The molecule has 0 spiro atoms. The number of phenols is 1. The highest BCUT2D eigenvalue weighted by Crippen LogP contribution is 2.35. The number of rotatable bonds is 4. The van der Waals surface area contributed by atoms with Crippen molar-refractivity contribution in [2.75, 3.05) is 0 Å². The van der Waals surface area contributed by atoms with E-state index in [2.05, 4.69) is 57.9 Å². The van der Waals surface area contributed by atoms with E-state index in [1.54, 1.807) is 0 Å². The van der Waals surface area contributed by atoms with E-state index >= 15 is 0 Å². The van der Waals surface area contributed by atoms with E-state index in [-0.39, 0.29) is 6.04 Å². The SMILES string of the molecule is CCC(C)NC(C)c1cc(Br)cc(Br)c1O. The van der Waals surface area contributed by atoms with Crippen molar-refractivity contribution >= 4 is 31.9 Å². The molecule has 0 aliphatic carbocycles. The number of hydrogen-bond acceptors (Lipinski definition) is 2. The number of halogens is 2. The first-order valence-corrected chi connectivity index (χ1v) is 6.98. The summed E-state index contributed by atoms with van der Waals surface area (Å²) < 4.78 is 1.68. The van der Waals surface area contributed by atoms with Crippen LogP contribution in [0.15, 0.2) is 21.1 Å². The van der Waals surface area contributed by atoms with Gasteiger partial charge in [-0.05, 0) is 48.3 Å². The molecular weight excluding hydrogens is 334 g/mol. The summed E-state index contributed by atoms with van der Waals surface area (Å²) in [7, 11) is 0. The minimum Gasteiger partial charge on any atom is -0.506 e. The van der Waals surface area contributed by atoms with Crippen LogP contribution in [0.4, 0.5) is 0 Å². The van der Waals surface area contributed by atoms with Gasteiger partial charge in [-0.1, -0.05) is 22.9 Å². The Morgan fingerprint density at radius 3 is 2.50 bits per heavy atom. The Balaban J connectivity index is 2.94. The van der Waals surface area contributed by atoms with Crippen molar-refractivity contribution in [2.45, 2.75) is 39.3 Å². The van der Waals surface area contributed by atoms with Crippen molar-refractivity contribution in [3.63, 3.8) is 0 Å². The van der Waals surface area contributed by atoms with Crippen LogP contribution in [0.3, 0.4) is 0 Å². The van der Waals surface area contributed by atoms with Crippen molar-refractivity contribution in [3.8, 4) is 5.75 Å². The highest BCUT2D eigenvalue weighted by molar-refractivity contribution is 9.11. The molecule has 0 radical (unpaired) electrons. The van der Waals surface area contributed by atoms with E-state index in [4.69, 9.17) is 0 Å². The number of phenolic OH excluding ortho intramolecular Hbond substituents is 1. The molecule has 1 aromatic carbocycles. The first-order valence-electron chi connectivity index (χ1n) is 5.39. The summed E-state index contributed by atoms with van der Waals surface area (Å²) in [4.78, 5) is 0. The topological polar surface area (TPSA) is 32.3 Å². The lowest BCUT2D eigenvalue weighted by Crippen LogP contribution is -2.28. The minimum absolute atomic E-state index is 0.128. The molecule has 0 amide bonds. The van der Waals surface area contributed by atoms with Crippen molar-refractivity contribution in [3.05, 3.63) is 26.6 Å². The van der Waals surface area contributed by atoms with Crippen molar-refractivity contribution < 1.29 is 5.11 Å². The summed E-state index contributed by atoms with van der Waals surface area (Å²) in [5, 5.41) is 13.4. The maximum absolute atomic E-state index is 9.97. The summed E-state index contributed by atoms with van der Waals surface area (Å²) in [6, 6.07) is 4.35. The van der Waals surface area contributed by atoms with Gasteiger partial charge in [-0.25, -0.2) is 0 Å². The highest BCUT2D eigenvalue weighted by atomic mass is 79.9. The second kappa shape index (κ2) is 6.03. The van der Waals surface area contributed by atoms with E-state index in [1.165, 1.54) is 0 Å². The second-order valence-electron chi connectivity index (χ2n) is 4.02. The molecule has 0 saturated carbocycles. The number of benzene rings is 1. The lowest BCUT2D eigenvalue weighted by molar-refractivity contribution is 0.428. The van der Waals surface area contributed by atoms with E-state index in [1.807, 2.05) is 12.1 Å². The molecule has 2 unspecified atom stereocenters. The molecule has 1 aromatic rings. The van der Waals surface area contributed by atoms with Gasteiger partial charge in [-0.15, -0.1) is 0 Å². The zero-order chi connectivity index (χ0) is 12.3. The second-order valence-corrected chi connectivity index (χ2v) is 5.79. The van der Waals surface area contributed by atoms with Gasteiger partial charge in [-0.3, -0.25) is 0 Å². The number of aromatic hydroxyl groups is 1. The van der Waals surface area contributed by atoms with Gasteiger partial charge < -0.3 is 10.4 Å². The molecule has 4 heteroatoms. The molecule has 0 aliphatic heterocycles. The highest BCUT2D eigenvalue weighted by Gasteiger charge is 2.15. The van der Waals surface area contributed by atoms with E-state index in [9.17, 15) is 5.11 Å². The van der Waals surface area contributed by atoms with Gasteiger partial charge in [0.1, 0.15) is 5.75 Å².